The molecule has 0 spiro atoms. The molecule has 0 aliphatic carbocycles. The molecule has 1 fully saturated rings. The van der Waals surface area contributed by atoms with Gasteiger partial charge in [-0.3, -0.25) is 4.90 Å². The molecule has 1 aliphatic heterocycles. The Kier molecular flexibility index (Phi) is 5.09. The largest absolute Gasteiger partial charge is 0.338 e. The summed E-state index contributed by atoms with van der Waals surface area (Å²) in [6.45, 7) is 5.87. The number of rotatable bonds is 5. The van der Waals surface area contributed by atoms with Gasteiger partial charge in [0.15, 0.2) is 0 Å². The van der Waals surface area contributed by atoms with Crippen molar-refractivity contribution in [1.29, 1.82) is 0 Å². The Balaban J connectivity index is 1.51. The second kappa shape index (κ2) is 7.81. The maximum absolute atomic E-state index is 5.61. The number of benzene rings is 2. The molecule has 5 nitrogen and oxygen atoms in total. The van der Waals surface area contributed by atoms with Gasteiger partial charge in [0.05, 0.1) is 5.69 Å². The summed E-state index contributed by atoms with van der Waals surface area (Å²) in [4.78, 5) is 14.1. The van der Waals surface area contributed by atoms with E-state index in [0.717, 1.165) is 62.9 Å². The van der Waals surface area contributed by atoms with Gasteiger partial charge >= 0.3 is 0 Å². The smallest absolute Gasteiger partial charge is 0.225 e. The lowest BCUT2D eigenvalue weighted by atomic mass is 10.1. The van der Waals surface area contributed by atoms with E-state index in [2.05, 4.69) is 57.2 Å². The molecule has 1 aliphatic rings. The summed E-state index contributed by atoms with van der Waals surface area (Å²) in [7, 11) is 0. The van der Waals surface area contributed by atoms with Crippen molar-refractivity contribution in [2.45, 2.75) is 6.42 Å². The highest BCUT2D eigenvalue weighted by atomic mass is 15.3. The number of piperazine rings is 1. The number of nitrogens with two attached hydrogens (primary N) is 1. The predicted octanol–water partition coefficient (Wildman–Crippen LogP) is 2.77. The van der Waals surface area contributed by atoms with Gasteiger partial charge in [-0.1, -0.05) is 36.4 Å². The molecular weight excluding hydrogens is 322 g/mol. The van der Waals surface area contributed by atoms with Crippen LogP contribution in [0.2, 0.25) is 0 Å². The Labute approximate surface area is 154 Å². The third kappa shape index (κ3) is 3.69. The first-order valence-electron chi connectivity index (χ1n) is 9.33. The second-order valence-electron chi connectivity index (χ2n) is 6.77. The van der Waals surface area contributed by atoms with Gasteiger partial charge in [0.2, 0.25) is 5.95 Å². The number of hydrogen-bond donors (Lipinski definition) is 1. The molecule has 3 aromatic rings. The monoisotopic (exact) mass is 347 g/mol. The zero-order chi connectivity index (χ0) is 17.8. The van der Waals surface area contributed by atoms with E-state index in [9.17, 15) is 0 Å². The van der Waals surface area contributed by atoms with E-state index >= 15 is 0 Å². The van der Waals surface area contributed by atoms with Crippen LogP contribution in [0.3, 0.4) is 0 Å². The van der Waals surface area contributed by atoms with E-state index in [1.165, 1.54) is 10.8 Å². The molecule has 0 radical (unpaired) electrons. The van der Waals surface area contributed by atoms with Crippen molar-refractivity contribution < 1.29 is 0 Å². The molecule has 5 heteroatoms. The van der Waals surface area contributed by atoms with Crippen molar-refractivity contribution in [1.82, 2.24) is 14.9 Å². The summed E-state index contributed by atoms with van der Waals surface area (Å²) in [5, 5.41) is 2.48. The van der Waals surface area contributed by atoms with Crippen molar-refractivity contribution in [2.75, 3.05) is 44.2 Å². The molecule has 2 heterocycles. The highest BCUT2D eigenvalue weighted by molar-refractivity contribution is 5.86. The molecular formula is C21H25N5. The lowest BCUT2D eigenvalue weighted by Gasteiger charge is -2.34. The van der Waals surface area contributed by atoms with E-state index in [1.54, 1.807) is 0 Å². The van der Waals surface area contributed by atoms with Crippen molar-refractivity contribution >= 4 is 16.7 Å². The maximum Gasteiger partial charge on any atom is 0.225 e. The molecule has 0 amide bonds. The molecule has 0 unspecified atom stereocenters. The van der Waals surface area contributed by atoms with E-state index in [0.29, 0.717) is 0 Å². The first-order chi connectivity index (χ1) is 12.8. The lowest BCUT2D eigenvalue weighted by Crippen LogP contribution is -2.47. The summed E-state index contributed by atoms with van der Waals surface area (Å²) in [5.41, 5.74) is 7.72. The summed E-state index contributed by atoms with van der Waals surface area (Å²) >= 11 is 0. The maximum atomic E-state index is 5.61. The van der Waals surface area contributed by atoms with Crippen molar-refractivity contribution in [2.24, 2.45) is 5.73 Å². The minimum absolute atomic E-state index is 0.761. The Bertz CT molecular complexity index is 871. The number of aromatic nitrogens is 2. The van der Waals surface area contributed by atoms with Crippen LogP contribution in [0, 0.1) is 0 Å². The normalized spacial score (nSPS) is 15.5. The van der Waals surface area contributed by atoms with Crippen molar-refractivity contribution in [3.8, 4) is 11.3 Å². The van der Waals surface area contributed by atoms with Gasteiger partial charge in [0.25, 0.3) is 0 Å². The summed E-state index contributed by atoms with van der Waals surface area (Å²) < 4.78 is 0. The first kappa shape index (κ1) is 16.9. The van der Waals surface area contributed by atoms with E-state index in [-0.39, 0.29) is 0 Å². The molecule has 1 aromatic heterocycles. The third-order valence-corrected chi connectivity index (χ3v) is 5.02. The summed E-state index contributed by atoms with van der Waals surface area (Å²) in [6.07, 6.45) is 2.93. The minimum Gasteiger partial charge on any atom is -0.338 e. The van der Waals surface area contributed by atoms with Gasteiger partial charge in [-0.25, -0.2) is 9.97 Å². The average molecular weight is 347 g/mol. The van der Waals surface area contributed by atoms with E-state index in [4.69, 9.17) is 10.7 Å². The van der Waals surface area contributed by atoms with E-state index < -0.39 is 0 Å². The van der Waals surface area contributed by atoms with Crippen molar-refractivity contribution in [3.63, 3.8) is 0 Å². The van der Waals surface area contributed by atoms with E-state index in [1.807, 2.05) is 12.3 Å². The van der Waals surface area contributed by atoms with Gasteiger partial charge < -0.3 is 10.6 Å². The molecule has 0 saturated carbocycles. The molecule has 0 bridgehead atoms. The molecule has 1 saturated heterocycles. The molecule has 26 heavy (non-hydrogen) atoms. The lowest BCUT2D eigenvalue weighted by molar-refractivity contribution is 0.255. The first-order valence-corrected chi connectivity index (χ1v) is 9.33. The fraction of sp³-hybridized carbons (Fsp3) is 0.333. The van der Waals surface area contributed by atoms with Crippen molar-refractivity contribution in [3.05, 3.63) is 54.7 Å². The zero-order valence-corrected chi connectivity index (χ0v) is 15.0. The van der Waals surface area contributed by atoms with Crippen LogP contribution in [0.25, 0.3) is 22.0 Å². The highest BCUT2D eigenvalue weighted by Crippen LogP contribution is 2.24. The topological polar surface area (TPSA) is 58.3 Å². The number of nitrogens with zero attached hydrogens (tertiary/aromatic N) is 4. The molecule has 2 N–H and O–H groups in total. The minimum atomic E-state index is 0.761. The van der Waals surface area contributed by atoms with Gasteiger partial charge in [0, 0.05) is 37.9 Å². The fourth-order valence-corrected chi connectivity index (χ4v) is 3.50. The average Bonchev–Trinajstić information content (AvgIpc) is 2.72. The Morgan fingerprint density at radius 3 is 2.54 bits per heavy atom. The SMILES string of the molecule is NCCCN1CCN(c2nccc(-c3ccc4ccccc4c3)n2)CC1. The van der Waals surface area contributed by atoms with Crippen LogP contribution in [-0.2, 0) is 0 Å². The zero-order valence-electron chi connectivity index (χ0n) is 15.0. The van der Waals surface area contributed by atoms with Crippen LogP contribution in [0.1, 0.15) is 6.42 Å². The Morgan fingerprint density at radius 2 is 1.73 bits per heavy atom. The van der Waals surface area contributed by atoms with Gasteiger partial charge in [-0.15, -0.1) is 0 Å². The highest BCUT2D eigenvalue weighted by Gasteiger charge is 2.18. The quantitative estimate of drug-likeness (QED) is 0.769. The molecule has 134 valence electrons. The Morgan fingerprint density at radius 1 is 0.923 bits per heavy atom. The standard InChI is InChI=1S/C21H25N5/c22-9-3-11-25-12-14-26(15-13-25)21-23-10-8-20(24-21)19-7-6-17-4-1-2-5-18(17)16-19/h1-2,4-8,10,16H,3,9,11-15,22H2. The number of fused-ring (bicyclic) bond motifs is 1. The second-order valence-corrected chi connectivity index (χ2v) is 6.77. The molecule has 0 atom stereocenters. The summed E-state index contributed by atoms with van der Waals surface area (Å²) in [6, 6.07) is 16.9. The Hall–Kier alpha value is -2.50. The van der Waals surface area contributed by atoms with Crippen LogP contribution < -0.4 is 10.6 Å². The van der Waals surface area contributed by atoms with Crippen LogP contribution in [0.5, 0.6) is 0 Å². The van der Waals surface area contributed by atoms with Crippen LogP contribution in [0.4, 0.5) is 5.95 Å². The van der Waals surface area contributed by atoms with Gasteiger partial charge in [-0.2, -0.15) is 0 Å². The molecule has 2 aromatic carbocycles. The third-order valence-electron chi connectivity index (χ3n) is 5.02. The fourth-order valence-electron chi connectivity index (χ4n) is 3.50. The number of anilines is 1. The predicted molar refractivity (Wildman–Crippen MR) is 107 cm³/mol. The van der Waals surface area contributed by atoms with Crippen LogP contribution >= 0.6 is 0 Å². The van der Waals surface area contributed by atoms with Crippen LogP contribution in [-0.4, -0.2) is 54.1 Å². The number of hydrogen-bond acceptors (Lipinski definition) is 5. The van der Waals surface area contributed by atoms with Gasteiger partial charge in [0.1, 0.15) is 0 Å². The van der Waals surface area contributed by atoms with Gasteiger partial charge in [-0.05, 0) is 42.4 Å². The molecule has 4 rings (SSSR count). The summed E-state index contributed by atoms with van der Waals surface area (Å²) in [5.74, 6) is 0.828. The van der Waals surface area contributed by atoms with Crippen LogP contribution in [0.15, 0.2) is 54.7 Å².